The van der Waals surface area contributed by atoms with Crippen molar-refractivity contribution < 1.29 is 0 Å². The third-order valence-corrected chi connectivity index (χ3v) is 3.60. The Kier molecular flexibility index (Phi) is 4.34. The van der Waals surface area contributed by atoms with E-state index in [4.69, 9.17) is 5.84 Å². The Hall–Kier alpha value is -1.13. The van der Waals surface area contributed by atoms with Gasteiger partial charge in [0, 0.05) is 18.8 Å². The summed E-state index contributed by atoms with van der Waals surface area (Å²) in [6, 6.07) is 4.81. The molecule has 1 aromatic rings. The number of rotatable bonds is 4. The minimum atomic E-state index is 0.736. The highest BCUT2D eigenvalue weighted by Crippen LogP contribution is 2.23. The zero-order chi connectivity index (χ0) is 12.1. The van der Waals surface area contributed by atoms with Crippen molar-refractivity contribution in [2.24, 2.45) is 5.84 Å². The van der Waals surface area contributed by atoms with Gasteiger partial charge in [-0.1, -0.05) is 19.3 Å². The van der Waals surface area contributed by atoms with Gasteiger partial charge in [0.2, 0.25) is 0 Å². The number of anilines is 1. The molecule has 0 unspecified atom stereocenters. The topological polar surface area (TPSA) is 54.2 Å². The standard InChI is InChI=1S/C13H22N4/c1-17(12-5-3-2-4-6-12)10-11-7-8-15-13(9-11)16-14/h7-9,12H,2-6,10,14H2,1H3,(H,15,16). The SMILES string of the molecule is CN(Cc1ccnc(NN)c1)C1CCCCC1. The van der Waals surface area contributed by atoms with Crippen LogP contribution in [0.5, 0.6) is 0 Å². The molecule has 0 aromatic carbocycles. The molecule has 0 saturated heterocycles. The van der Waals surface area contributed by atoms with Crippen LogP contribution in [0.25, 0.3) is 0 Å². The van der Waals surface area contributed by atoms with Gasteiger partial charge in [-0.15, -0.1) is 0 Å². The smallest absolute Gasteiger partial charge is 0.140 e. The van der Waals surface area contributed by atoms with Crippen LogP contribution in [0.4, 0.5) is 5.82 Å². The minimum Gasteiger partial charge on any atom is -0.308 e. The van der Waals surface area contributed by atoms with E-state index in [0.717, 1.165) is 18.4 Å². The van der Waals surface area contributed by atoms with Gasteiger partial charge < -0.3 is 5.43 Å². The van der Waals surface area contributed by atoms with Crippen LogP contribution in [0.2, 0.25) is 0 Å². The number of pyridine rings is 1. The Labute approximate surface area is 103 Å². The lowest BCUT2D eigenvalue weighted by atomic mass is 9.94. The maximum absolute atomic E-state index is 5.37. The fourth-order valence-electron chi connectivity index (χ4n) is 2.59. The fourth-order valence-corrected chi connectivity index (χ4v) is 2.59. The molecule has 0 atom stereocenters. The van der Waals surface area contributed by atoms with E-state index < -0.39 is 0 Å². The van der Waals surface area contributed by atoms with E-state index >= 15 is 0 Å². The molecule has 1 heterocycles. The van der Waals surface area contributed by atoms with Gasteiger partial charge in [0.1, 0.15) is 5.82 Å². The summed E-state index contributed by atoms with van der Waals surface area (Å²) >= 11 is 0. The number of hydrogen-bond acceptors (Lipinski definition) is 4. The number of nitrogens with zero attached hydrogens (tertiary/aromatic N) is 2. The van der Waals surface area contributed by atoms with Gasteiger partial charge in [0.05, 0.1) is 0 Å². The molecule has 3 N–H and O–H groups in total. The Balaban J connectivity index is 1.94. The Morgan fingerprint density at radius 1 is 1.41 bits per heavy atom. The van der Waals surface area contributed by atoms with Gasteiger partial charge in [0.15, 0.2) is 0 Å². The quantitative estimate of drug-likeness (QED) is 0.619. The van der Waals surface area contributed by atoms with Crippen LogP contribution in [0, 0.1) is 0 Å². The molecule has 1 aliphatic carbocycles. The predicted molar refractivity (Wildman–Crippen MR) is 70.4 cm³/mol. The van der Waals surface area contributed by atoms with Crippen LogP contribution in [-0.4, -0.2) is 23.0 Å². The van der Waals surface area contributed by atoms with Crippen LogP contribution in [0.15, 0.2) is 18.3 Å². The zero-order valence-electron chi connectivity index (χ0n) is 10.5. The van der Waals surface area contributed by atoms with E-state index in [1.165, 1.54) is 37.7 Å². The van der Waals surface area contributed by atoms with E-state index in [9.17, 15) is 0 Å². The van der Waals surface area contributed by atoms with E-state index in [1.54, 1.807) is 6.20 Å². The van der Waals surface area contributed by atoms with Gasteiger partial charge >= 0.3 is 0 Å². The molecule has 0 bridgehead atoms. The van der Waals surface area contributed by atoms with Crippen molar-refractivity contribution in [3.8, 4) is 0 Å². The zero-order valence-corrected chi connectivity index (χ0v) is 10.5. The number of nitrogens with one attached hydrogen (secondary N) is 1. The normalized spacial score (nSPS) is 17.4. The molecular formula is C13H22N4. The Morgan fingerprint density at radius 2 is 2.18 bits per heavy atom. The minimum absolute atomic E-state index is 0.736. The number of nitrogens with two attached hydrogens (primary N) is 1. The second-order valence-electron chi connectivity index (χ2n) is 4.90. The monoisotopic (exact) mass is 234 g/mol. The van der Waals surface area contributed by atoms with Crippen LogP contribution in [0.3, 0.4) is 0 Å². The average Bonchev–Trinajstić information content (AvgIpc) is 2.40. The summed E-state index contributed by atoms with van der Waals surface area (Å²) in [4.78, 5) is 6.58. The number of hydrogen-bond donors (Lipinski definition) is 2. The second-order valence-corrected chi connectivity index (χ2v) is 4.90. The lowest BCUT2D eigenvalue weighted by molar-refractivity contribution is 0.184. The van der Waals surface area contributed by atoms with Crippen LogP contribution < -0.4 is 11.3 Å². The molecular weight excluding hydrogens is 212 g/mol. The average molecular weight is 234 g/mol. The van der Waals surface area contributed by atoms with Crippen LogP contribution in [-0.2, 0) is 6.54 Å². The van der Waals surface area contributed by atoms with Crippen molar-refractivity contribution in [1.29, 1.82) is 0 Å². The van der Waals surface area contributed by atoms with Crippen molar-refractivity contribution in [3.63, 3.8) is 0 Å². The highest BCUT2D eigenvalue weighted by atomic mass is 15.2. The second kappa shape index (κ2) is 5.98. The molecule has 1 aromatic heterocycles. The molecule has 1 aliphatic rings. The molecule has 0 spiro atoms. The summed E-state index contributed by atoms with van der Waals surface area (Å²) in [5.41, 5.74) is 3.86. The summed E-state index contributed by atoms with van der Waals surface area (Å²) in [5, 5.41) is 0. The third kappa shape index (κ3) is 3.41. The van der Waals surface area contributed by atoms with E-state index in [2.05, 4.69) is 28.4 Å². The van der Waals surface area contributed by atoms with Gasteiger partial charge in [-0.2, -0.15) is 0 Å². The van der Waals surface area contributed by atoms with Crippen molar-refractivity contribution in [2.75, 3.05) is 12.5 Å². The van der Waals surface area contributed by atoms with Crippen molar-refractivity contribution in [2.45, 2.75) is 44.7 Å². The molecule has 1 saturated carbocycles. The van der Waals surface area contributed by atoms with E-state index in [-0.39, 0.29) is 0 Å². The van der Waals surface area contributed by atoms with Gasteiger partial charge in [0.25, 0.3) is 0 Å². The molecule has 17 heavy (non-hydrogen) atoms. The highest BCUT2D eigenvalue weighted by Gasteiger charge is 2.17. The molecule has 0 aliphatic heterocycles. The van der Waals surface area contributed by atoms with E-state index in [1.807, 2.05) is 6.07 Å². The van der Waals surface area contributed by atoms with Crippen LogP contribution in [0.1, 0.15) is 37.7 Å². The van der Waals surface area contributed by atoms with Gasteiger partial charge in [-0.3, -0.25) is 4.90 Å². The third-order valence-electron chi connectivity index (χ3n) is 3.60. The van der Waals surface area contributed by atoms with Crippen molar-refractivity contribution >= 4 is 5.82 Å². The molecule has 4 nitrogen and oxygen atoms in total. The molecule has 2 rings (SSSR count). The molecule has 94 valence electrons. The summed E-state index contributed by atoms with van der Waals surface area (Å²) < 4.78 is 0. The first-order valence-electron chi connectivity index (χ1n) is 6.41. The summed E-state index contributed by atoms with van der Waals surface area (Å²) in [6.07, 6.45) is 8.63. The Bertz CT molecular complexity index is 347. The van der Waals surface area contributed by atoms with Gasteiger partial charge in [-0.25, -0.2) is 10.8 Å². The first-order chi connectivity index (χ1) is 8.29. The molecule has 4 heteroatoms. The summed E-state index contributed by atoms with van der Waals surface area (Å²) in [7, 11) is 2.21. The lowest BCUT2D eigenvalue weighted by Crippen LogP contribution is -2.32. The molecule has 0 radical (unpaired) electrons. The molecule has 1 fully saturated rings. The predicted octanol–water partition coefficient (Wildman–Crippen LogP) is 2.13. The van der Waals surface area contributed by atoms with E-state index in [0.29, 0.717) is 0 Å². The number of hydrazine groups is 1. The largest absolute Gasteiger partial charge is 0.308 e. The number of aromatic nitrogens is 1. The molecule has 0 amide bonds. The first kappa shape index (κ1) is 12.3. The van der Waals surface area contributed by atoms with Crippen LogP contribution >= 0.6 is 0 Å². The maximum atomic E-state index is 5.37. The van der Waals surface area contributed by atoms with Gasteiger partial charge in [-0.05, 0) is 37.6 Å². The maximum Gasteiger partial charge on any atom is 0.140 e. The van der Waals surface area contributed by atoms with Crippen molar-refractivity contribution in [1.82, 2.24) is 9.88 Å². The highest BCUT2D eigenvalue weighted by molar-refractivity contribution is 5.35. The summed E-state index contributed by atoms with van der Waals surface area (Å²) in [5.74, 6) is 6.10. The fraction of sp³-hybridized carbons (Fsp3) is 0.615. The summed E-state index contributed by atoms with van der Waals surface area (Å²) in [6.45, 7) is 0.974. The Morgan fingerprint density at radius 3 is 2.88 bits per heavy atom. The number of nitrogen functional groups attached to an aromatic ring is 1. The lowest BCUT2D eigenvalue weighted by Gasteiger charge is -2.31. The first-order valence-corrected chi connectivity index (χ1v) is 6.41. The van der Waals surface area contributed by atoms with Crippen molar-refractivity contribution in [3.05, 3.63) is 23.9 Å².